The fourth-order valence-electron chi connectivity index (χ4n) is 1.08. The summed E-state index contributed by atoms with van der Waals surface area (Å²) >= 11 is 0. The van der Waals surface area contributed by atoms with E-state index in [0.29, 0.717) is 0 Å². The van der Waals surface area contributed by atoms with E-state index in [0.717, 1.165) is 0 Å². The highest BCUT2D eigenvalue weighted by Gasteiger charge is 1.93. The van der Waals surface area contributed by atoms with Crippen molar-refractivity contribution in [1.82, 2.24) is 0 Å². The molecule has 0 spiro atoms. The Hall–Kier alpha value is -1.24. The van der Waals surface area contributed by atoms with Gasteiger partial charge < -0.3 is 4.74 Å². The van der Waals surface area contributed by atoms with Gasteiger partial charge in [-0.1, -0.05) is 37.6 Å². The minimum absolute atomic E-state index is 1.22. The summed E-state index contributed by atoms with van der Waals surface area (Å²) in [4.78, 5) is 0. The minimum Gasteiger partial charge on any atom is -0.504 e. The van der Waals surface area contributed by atoms with Gasteiger partial charge in [0.1, 0.15) is 0 Å². The summed E-state index contributed by atoms with van der Waals surface area (Å²) in [6, 6.07) is 6.37. The first-order valence-electron chi connectivity index (χ1n) is 5.00. The van der Waals surface area contributed by atoms with E-state index in [1.165, 1.54) is 16.7 Å². The molecule has 0 amide bonds. The number of methoxy groups -OCH3 is 1. The molecule has 0 aromatic heterocycles. The van der Waals surface area contributed by atoms with Gasteiger partial charge >= 0.3 is 0 Å². The third-order valence-electron chi connectivity index (χ3n) is 1.82. The summed E-state index contributed by atoms with van der Waals surface area (Å²) in [6.45, 7) is 8.18. The normalized spacial score (nSPS) is 9.50. The molecule has 0 bridgehead atoms. The summed E-state index contributed by atoms with van der Waals surface area (Å²) < 4.78 is 4.86. The number of benzene rings is 1. The fraction of sp³-hybridized carbons (Fsp3) is 0.385. The van der Waals surface area contributed by atoms with Crippen LogP contribution in [0.2, 0.25) is 0 Å². The van der Waals surface area contributed by atoms with E-state index in [4.69, 9.17) is 4.74 Å². The van der Waals surface area contributed by atoms with Crippen molar-refractivity contribution >= 4 is 6.08 Å². The lowest BCUT2D eigenvalue weighted by molar-refractivity contribution is 0.341. The van der Waals surface area contributed by atoms with Crippen molar-refractivity contribution in [2.45, 2.75) is 27.7 Å². The lowest BCUT2D eigenvalue weighted by Gasteiger charge is -2.00. The highest BCUT2D eigenvalue weighted by atomic mass is 16.5. The molecule has 0 unspecified atom stereocenters. The molecule has 1 rings (SSSR count). The highest BCUT2D eigenvalue weighted by molar-refractivity contribution is 5.53. The van der Waals surface area contributed by atoms with Crippen LogP contribution in [0.4, 0.5) is 0 Å². The van der Waals surface area contributed by atoms with Crippen LogP contribution in [-0.2, 0) is 4.74 Å². The van der Waals surface area contributed by atoms with Crippen molar-refractivity contribution in [1.29, 1.82) is 0 Å². The number of hydrogen-bond donors (Lipinski definition) is 0. The first-order chi connectivity index (χ1) is 6.74. The summed E-state index contributed by atoms with van der Waals surface area (Å²) in [5.41, 5.74) is 3.77. The van der Waals surface area contributed by atoms with Crippen molar-refractivity contribution < 1.29 is 4.74 Å². The Balaban J connectivity index is 0.000000791. The molecule has 0 N–H and O–H groups in total. The molecule has 14 heavy (non-hydrogen) atoms. The van der Waals surface area contributed by atoms with Crippen LogP contribution in [0.5, 0.6) is 0 Å². The highest BCUT2D eigenvalue weighted by Crippen LogP contribution is 2.11. The first kappa shape index (κ1) is 12.8. The average molecular weight is 192 g/mol. The third-order valence-corrected chi connectivity index (χ3v) is 1.82. The molecule has 0 aliphatic heterocycles. The Kier molecular flexibility index (Phi) is 6.55. The van der Waals surface area contributed by atoms with E-state index in [-0.39, 0.29) is 0 Å². The molecule has 1 nitrogen and oxygen atoms in total. The van der Waals surface area contributed by atoms with Crippen LogP contribution in [-0.4, -0.2) is 7.11 Å². The second-order valence-corrected chi connectivity index (χ2v) is 2.90. The van der Waals surface area contributed by atoms with Gasteiger partial charge in [0.05, 0.1) is 13.4 Å². The molecular formula is C13H20O. The Morgan fingerprint density at radius 3 is 2.36 bits per heavy atom. The standard InChI is InChI=1S/C11H14O.C2H6/c1-9-4-5-10(2)11(8-9)6-7-12-3;1-2/h4-8H,1-3H3;1-2H3. The van der Waals surface area contributed by atoms with Crippen LogP contribution in [0, 0.1) is 13.8 Å². The van der Waals surface area contributed by atoms with Crippen molar-refractivity contribution in [3.8, 4) is 0 Å². The molecule has 1 aromatic carbocycles. The van der Waals surface area contributed by atoms with Crippen LogP contribution < -0.4 is 0 Å². The van der Waals surface area contributed by atoms with Gasteiger partial charge in [-0.05, 0) is 31.1 Å². The molecular weight excluding hydrogens is 172 g/mol. The maximum Gasteiger partial charge on any atom is 0.0830 e. The van der Waals surface area contributed by atoms with Crippen molar-refractivity contribution in [2.75, 3.05) is 7.11 Å². The van der Waals surface area contributed by atoms with Crippen molar-refractivity contribution in [3.63, 3.8) is 0 Å². The van der Waals surface area contributed by atoms with Gasteiger partial charge in [0.25, 0.3) is 0 Å². The predicted octanol–water partition coefficient (Wildman–Crippen LogP) is 3.95. The quantitative estimate of drug-likeness (QED) is 0.645. The van der Waals surface area contributed by atoms with Gasteiger partial charge in [-0.2, -0.15) is 0 Å². The maximum absolute atomic E-state index is 4.86. The van der Waals surface area contributed by atoms with Gasteiger partial charge in [-0.3, -0.25) is 0 Å². The zero-order chi connectivity index (χ0) is 11.0. The first-order valence-corrected chi connectivity index (χ1v) is 5.00. The van der Waals surface area contributed by atoms with Gasteiger partial charge in [-0.15, -0.1) is 0 Å². The molecule has 0 aliphatic carbocycles. The largest absolute Gasteiger partial charge is 0.504 e. The third kappa shape index (κ3) is 4.13. The van der Waals surface area contributed by atoms with E-state index in [2.05, 4.69) is 32.0 Å². The van der Waals surface area contributed by atoms with Crippen molar-refractivity contribution in [2.24, 2.45) is 0 Å². The second kappa shape index (κ2) is 7.19. The molecule has 1 heteroatoms. The molecule has 0 fully saturated rings. The SMILES string of the molecule is CC.COC=Cc1cc(C)ccc1C. The van der Waals surface area contributed by atoms with Gasteiger partial charge in [0.2, 0.25) is 0 Å². The number of ether oxygens (including phenoxy) is 1. The monoisotopic (exact) mass is 192 g/mol. The molecule has 0 heterocycles. The Bertz CT molecular complexity index is 287. The maximum atomic E-state index is 4.86. The molecule has 0 saturated carbocycles. The molecule has 1 aromatic rings. The Morgan fingerprint density at radius 2 is 1.79 bits per heavy atom. The van der Waals surface area contributed by atoms with Crippen LogP contribution in [0.1, 0.15) is 30.5 Å². The Morgan fingerprint density at radius 1 is 1.14 bits per heavy atom. The average Bonchev–Trinajstić information content (AvgIpc) is 2.22. The molecule has 0 atom stereocenters. The summed E-state index contributed by atoms with van der Waals surface area (Å²) in [7, 11) is 1.65. The van der Waals surface area contributed by atoms with Gasteiger partial charge in [0, 0.05) is 0 Å². The molecule has 0 saturated heterocycles. The van der Waals surface area contributed by atoms with Crippen LogP contribution >= 0.6 is 0 Å². The smallest absolute Gasteiger partial charge is 0.0830 e. The van der Waals surface area contributed by atoms with Crippen molar-refractivity contribution in [3.05, 3.63) is 41.2 Å². The molecule has 78 valence electrons. The van der Waals surface area contributed by atoms with Crippen LogP contribution in [0.15, 0.2) is 24.5 Å². The van der Waals surface area contributed by atoms with E-state index >= 15 is 0 Å². The summed E-state index contributed by atoms with van der Waals surface area (Å²) in [5.74, 6) is 0. The zero-order valence-corrected chi connectivity index (χ0v) is 9.79. The van der Waals surface area contributed by atoms with E-state index in [9.17, 15) is 0 Å². The van der Waals surface area contributed by atoms with E-state index in [1.54, 1.807) is 13.4 Å². The topological polar surface area (TPSA) is 9.23 Å². The number of rotatable bonds is 2. The predicted molar refractivity (Wildman–Crippen MR) is 63.3 cm³/mol. The minimum atomic E-state index is 1.22. The molecule has 0 radical (unpaired) electrons. The second-order valence-electron chi connectivity index (χ2n) is 2.90. The summed E-state index contributed by atoms with van der Waals surface area (Å²) in [6.07, 6.45) is 3.67. The zero-order valence-electron chi connectivity index (χ0n) is 9.79. The number of hydrogen-bond acceptors (Lipinski definition) is 1. The lowest BCUT2D eigenvalue weighted by Crippen LogP contribution is -1.81. The van der Waals surface area contributed by atoms with Gasteiger partial charge in [-0.25, -0.2) is 0 Å². The van der Waals surface area contributed by atoms with Gasteiger partial charge in [0.15, 0.2) is 0 Å². The lowest BCUT2D eigenvalue weighted by atomic mass is 10.1. The van der Waals surface area contributed by atoms with Crippen LogP contribution in [0.3, 0.4) is 0 Å². The number of aryl methyl sites for hydroxylation is 2. The van der Waals surface area contributed by atoms with Crippen LogP contribution in [0.25, 0.3) is 6.08 Å². The summed E-state index contributed by atoms with van der Waals surface area (Å²) in [5, 5.41) is 0. The van der Waals surface area contributed by atoms with E-state index in [1.807, 2.05) is 19.9 Å². The fourth-order valence-corrected chi connectivity index (χ4v) is 1.08. The van der Waals surface area contributed by atoms with E-state index < -0.39 is 0 Å². The Labute approximate surface area is 87.4 Å². The molecule has 0 aliphatic rings.